The van der Waals surface area contributed by atoms with Crippen LogP contribution < -0.4 is 0 Å². The first-order valence-electron chi connectivity index (χ1n) is 6.07. The number of aromatic nitrogens is 5. The van der Waals surface area contributed by atoms with E-state index in [1.165, 1.54) is 12.7 Å². The summed E-state index contributed by atoms with van der Waals surface area (Å²) in [6.45, 7) is 0.226. The Hall–Kier alpha value is -2.57. The number of alkyl halides is 2. The Labute approximate surface area is 112 Å². The normalized spacial score (nSPS) is 12.8. The molecule has 0 amide bonds. The molecule has 7 heteroatoms. The van der Waals surface area contributed by atoms with E-state index in [2.05, 4.69) is 15.1 Å². The molecule has 1 aromatic carbocycles. The van der Waals surface area contributed by atoms with Gasteiger partial charge in [0.25, 0.3) is 6.43 Å². The highest BCUT2D eigenvalue weighted by Crippen LogP contribution is 2.32. The summed E-state index contributed by atoms with van der Waals surface area (Å²) < 4.78 is 29.5. The van der Waals surface area contributed by atoms with Gasteiger partial charge in [-0.05, 0) is 12.1 Å². The van der Waals surface area contributed by atoms with Crippen LogP contribution in [-0.2, 0) is 6.54 Å². The predicted octanol–water partition coefficient (Wildman–Crippen LogP) is 2.43. The molecular weight excluding hydrogens is 264 g/mol. The maximum atomic E-state index is 13.1. The molecule has 0 spiro atoms. The summed E-state index contributed by atoms with van der Waals surface area (Å²) in [4.78, 5) is 8.07. The first kappa shape index (κ1) is 11.3. The number of nitrogens with zero attached hydrogens (tertiary/aromatic N) is 5. The minimum absolute atomic E-state index is 0.205. The lowest BCUT2D eigenvalue weighted by Crippen LogP contribution is -2.07. The number of imidazole rings is 1. The average Bonchev–Trinajstić information content (AvgIpc) is 3.04. The van der Waals surface area contributed by atoms with E-state index in [9.17, 15) is 8.78 Å². The van der Waals surface area contributed by atoms with Gasteiger partial charge < -0.3 is 4.57 Å². The Balaban J connectivity index is 2.07. The van der Waals surface area contributed by atoms with Crippen LogP contribution in [0.5, 0.6) is 0 Å². The second kappa shape index (κ2) is 3.96. The zero-order valence-corrected chi connectivity index (χ0v) is 10.2. The van der Waals surface area contributed by atoms with Crippen LogP contribution in [0.3, 0.4) is 0 Å². The third-order valence-electron chi connectivity index (χ3n) is 3.43. The molecule has 1 aliphatic rings. The number of hydrogen-bond acceptors (Lipinski definition) is 3. The van der Waals surface area contributed by atoms with Crippen molar-refractivity contribution in [1.82, 2.24) is 24.3 Å². The van der Waals surface area contributed by atoms with Gasteiger partial charge in [-0.15, -0.1) is 0 Å². The molecule has 0 aliphatic carbocycles. The van der Waals surface area contributed by atoms with Gasteiger partial charge >= 0.3 is 0 Å². The molecule has 0 unspecified atom stereocenters. The van der Waals surface area contributed by atoms with Crippen LogP contribution in [0.1, 0.15) is 17.8 Å². The van der Waals surface area contributed by atoms with Gasteiger partial charge in [-0.3, -0.25) is 0 Å². The van der Waals surface area contributed by atoms with E-state index in [1.807, 2.05) is 24.3 Å². The Kier molecular flexibility index (Phi) is 2.23. The molecule has 0 radical (unpaired) electrons. The Bertz CT molecular complexity index is 790. The topological polar surface area (TPSA) is 48.5 Å². The lowest BCUT2D eigenvalue weighted by atomic mass is 10.1. The summed E-state index contributed by atoms with van der Waals surface area (Å²) in [6.07, 6.45) is 0.255. The van der Waals surface area contributed by atoms with Crippen LogP contribution in [0.2, 0.25) is 0 Å². The fourth-order valence-corrected chi connectivity index (χ4v) is 2.54. The van der Waals surface area contributed by atoms with Crippen LogP contribution in [0.25, 0.3) is 17.1 Å². The molecule has 0 N–H and O–H groups in total. The molecule has 3 aromatic rings. The number of fused-ring (bicyclic) bond motifs is 5. The highest BCUT2D eigenvalue weighted by molar-refractivity contribution is 5.69. The zero-order chi connectivity index (χ0) is 13.7. The van der Waals surface area contributed by atoms with Crippen LogP contribution >= 0.6 is 0 Å². The SMILES string of the molecule is FC(F)c1ncn2c1Cn1ncnc1-c1ccccc1-2. The van der Waals surface area contributed by atoms with Gasteiger partial charge in [0.15, 0.2) is 5.82 Å². The van der Waals surface area contributed by atoms with Crippen LogP contribution in [0.4, 0.5) is 8.78 Å². The molecule has 4 rings (SSSR count). The Morgan fingerprint density at radius 2 is 2.00 bits per heavy atom. The van der Waals surface area contributed by atoms with Gasteiger partial charge in [-0.25, -0.2) is 23.4 Å². The predicted molar refractivity (Wildman–Crippen MR) is 66.6 cm³/mol. The summed E-state index contributed by atoms with van der Waals surface area (Å²) in [7, 11) is 0. The highest BCUT2D eigenvalue weighted by atomic mass is 19.3. The smallest absolute Gasteiger partial charge is 0.282 e. The van der Waals surface area contributed by atoms with Crippen molar-refractivity contribution in [3.63, 3.8) is 0 Å². The Morgan fingerprint density at radius 1 is 1.15 bits per heavy atom. The largest absolute Gasteiger partial charge is 0.300 e. The van der Waals surface area contributed by atoms with Crippen LogP contribution in [-0.4, -0.2) is 24.3 Å². The van der Waals surface area contributed by atoms with Crippen LogP contribution in [0, 0.1) is 0 Å². The first-order chi connectivity index (χ1) is 9.75. The van der Waals surface area contributed by atoms with Crippen molar-refractivity contribution in [2.45, 2.75) is 13.0 Å². The molecule has 20 heavy (non-hydrogen) atoms. The lowest BCUT2D eigenvalue weighted by Gasteiger charge is -2.08. The fourth-order valence-electron chi connectivity index (χ4n) is 2.54. The van der Waals surface area contributed by atoms with Crippen molar-refractivity contribution in [2.75, 3.05) is 0 Å². The average molecular weight is 273 g/mol. The van der Waals surface area contributed by atoms with E-state index in [0.717, 1.165) is 11.3 Å². The molecule has 0 saturated heterocycles. The van der Waals surface area contributed by atoms with Gasteiger partial charge in [-0.1, -0.05) is 12.1 Å². The molecule has 0 bridgehead atoms. The molecular formula is C13H9F2N5. The summed E-state index contributed by atoms with van der Waals surface area (Å²) in [6, 6.07) is 7.50. The number of benzene rings is 1. The van der Waals surface area contributed by atoms with Crippen molar-refractivity contribution in [2.24, 2.45) is 0 Å². The van der Waals surface area contributed by atoms with Crippen molar-refractivity contribution in [3.8, 4) is 17.1 Å². The number of para-hydroxylation sites is 1. The summed E-state index contributed by atoms with van der Waals surface area (Å²) >= 11 is 0. The van der Waals surface area contributed by atoms with Crippen LogP contribution in [0.15, 0.2) is 36.9 Å². The molecule has 3 heterocycles. The molecule has 0 saturated carbocycles. The molecule has 1 aliphatic heterocycles. The lowest BCUT2D eigenvalue weighted by molar-refractivity contribution is 0.145. The molecule has 0 atom stereocenters. The quantitative estimate of drug-likeness (QED) is 0.535. The Morgan fingerprint density at radius 3 is 2.85 bits per heavy atom. The molecule has 0 fully saturated rings. The van der Waals surface area contributed by atoms with Gasteiger partial charge in [0.05, 0.1) is 17.9 Å². The minimum atomic E-state index is -2.61. The summed E-state index contributed by atoms with van der Waals surface area (Å²) in [5.41, 5.74) is 1.87. The molecule has 100 valence electrons. The third kappa shape index (κ3) is 1.43. The minimum Gasteiger partial charge on any atom is -0.300 e. The van der Waals surface area contributed by atoms with Crippen molar-refractivity contribution < 1.29 is 8.78 Å². The van der Waals surface area contributed by atoms with E-state index < -0.39 is 6.43 Å². The molecule has 2 aromatic heterocycles. The third-order valence-corrected chi connectivity index (χ3v) is 3.43. The number of hydrogen-bond donors (Lipinski definition) is 0. The second-order valence-corrected chi connectivity index (χ2v) is 4.51. The van der Waals surface area contributed by atoms with E-state index in [1.54, 1.807) is 9.25 Å². The first-order valence-corrected chi connectivity index (χ1v) is 6.07. The highest BCUT2D eigenvalue weighted by Gasteiger charge is 2.26. The molecule has 5 nitrogen and oxygen atoms in total. The van der Waals surface area contributed by atoms with Crippen molar-refractivity contribution in [3.05, 3.63) is 48.3 Å². The van der Waals surface area contributed by atoms with E-state index >= 15 is 0 Å². The van der Waals surface area contributed by atoms with Crippen molar-refractivity contribution >= 4 is 0 Å². The van der Waals surface area contributed by atoms with E-state index in [0.29, 0.717) is 11.5 Å². The zero-order valence-electron chi connectivity index (χ0n) is 10.2. The van der Waals surface area contributed by atoms with Crippen molar-refractivity contribution in [1.29, 1.82) is 0 Å². The van der Waals surface area contributed by atoms with Gasteiger partial charge in [0.1, 0.15) is 18.3 Å². The maximum Gasteiger partial charge on any atom is 0.282 e. The summed E-state index contributed by atoms with van der Waals surface area (Å²) in [5.74, 6) is 0.671. The summed E-state index contributed by atoms with van der Waals surface area (Å²) in [5, 5.41) is 4.11. The maximum absolute atomic E-state index is 13.1. The number of rotatable bonds is 1. The standard InChI is InChI=1S/C13H9F2N5/c14-12(15)11-10-5-20-13(16-6-18-20)8-3-1-2-4-9(8)19(10)7-17-11/h1-4,6-7,12H,5H2. The van der Waals surface area contributed by atoms with E-state index in [4.69, 9.17) is 0 Å². The second-order valence-electron chi connectivity index (χ2n) is 4.51. The van der Waals surface area contributed by atoms with Gasteiger partial charge in [0, 0.05) is 5.56 Å². The van der Waals surface area contributed by atoms with Gasteiger partial charge in [-0.2, -0.15) is 5.10 Å². The fraction of sp³-hybridized carbons (Fsp3) is 0.154. The van der Waals surface area contributed by atoms with E-state index in [-0.39, 0.29) is 12.2 Å². The number of halogens is 2. The van der Waals surface area contributed by atoms with Gasteiger partial charge in [0.2, 0.25) is 0 Å². The monoisotopic (exact) mass is 273 g/mol.